The van der Waals surface area contributed by atoms with E-state index < -0.39 is 0 Å². The average molecular weight is 361 g/mol. The molecule has 0 saturated carbocycles. The number of nitrogens with one attached hydrogen (secondary N) is 1. The third kappa shape index (κ3) is 5.16. The van der Waals surface area contributed by atoms with Crippen molar-refractivity contribution in [2.24, 2.45) is 5.92 Å². The molecule has 0 spiro atoms. The van der Waals surface area contributed by atoms with Crippen molar-refractivity contribution >= 4 is 17.2 Å². The Kier molecular flexibility index (Phi) is 6.64. The Bertz CT molecular complexity index is 644. The Morgan fingerprint density at radius 2 is 2.16 bits per heavy atom. The fourth-order valence-corrected chi connectivity index (χ4v) is 3.93. The molecule has 25 heavy (non-hydrogen) atoms. The van der Waals surface area contributed by atoms with E-state index in [0.717, 1.165) is 51.3 Å². The van der Waals surface area contributed by atoms with Crippen molar-refractivity contribution in [2.45, 2.75) is 45.7 Å². The monoisotopic (exact) mass is 360 g/mol. The van der Waals surface area contributed by atoms with Crippen LogP contribution in [0.1, 0.15) is 39.0 Å². The summed E-state index contributed by atoms with van der Waals surface area (Å²) in [6, 6.07) is 4.17. The van der Waals surface area contributed by atoms with Crippen molar-refractivity contribution < 1.29 is 4.79 Å². The maximum absolute atomic E-state index is 12.2. The van der Waals surface area contributed by atoms with E-state index in [9.17, 15) is 4.79 Å². The van der Waals surface area contributed by atoms with Crippen LogP contribution in [0.15, 0.2) is 29.1 Å². The number of hydrogen-bond acceptors (Lipinski definition) is 4. The molecule has 1 saturated heterocycles. The molecule has 1 amide bonds. The Morgan fingerprint density at radius 1 is 1.32 bits per heavy atom. The predicted octanol–water partition coefficient (Wildman–Crippen LogP) is 3.59. The summed E-state index contributed by atoms with van der Waals surface area (Å²) in [5, 5.41) is 12.0. The predicted molar refractivity (Wildman–Crippen MR) is 102 cm³/mol. The van der Waals surface area contributed by atoms with Crippen molar-refractivity contribution in [3.05, 3.63) is 29.1 Å². The number of hydrogen-bond donors (Lipinski definition) is 1. The van der Waals surface area contributed by atoms with Gasteiger partial charge in [0.05, 0.1) is 12.4 Å². The van der Waals surface area contributed by atoms with Crippen LogP contribution in [0.25, 0.3) is 11.3 Å². The maximum Gasteiger partial charge on any atom is 0.223 e. The number of aromatic nitrogens is 2. The first-order valence-electron chi connectivity index (χ1n) is 9.32. The van der Waals surface area contributed by atoms with Gasteiger partial charge in [0, 0.05) is 42.7 Å². The minimum absolute atomic E-state index is 0.178. The minimum Gasteiger partial charge on any atom is -0.356 e. The van der Waals surface area contributed by atoms with Gasteiger partial charge in [0.2, 0.25) is 5.91 Å². The van der Waals surface area contributed by atoms with Crippen LogP contribution in [0.3, 0.4) is 0 Å². The minimum atomic E-state index is 0.178. The van der Waals surface area contributed by atoms with Crippen molar-refractivity contribution in [3.63, 3.8) is 0 Å². The van der Waals surface area contributed by atoms with Crippen LogP contribution in [0, 0.1) is 5.92 Å². The van der Waals surface area contributed by atoms with Gasteiger partial charge in [0.1, 0.15) is 0 Å². The number of piperidine rings is 1. The van der Waals surface area contributed by atoms with E-state index in [-0.39, 0.29) is 11.8 Å². The topological polar surface area (TPSA) is 50.2 Å². The molecular formula is C19H28N4OS. The molecule has 0 bridgehead atoms. The van der Waals surface area contributed by atoms with Crippen molar-refractivity contribution in [3.8, 4) is 11.3 Å². The van der Waals surface area contributed by atoms with Crippen molar-refractivity contribution in [2.75, 3.05) is 19.6 Å². The molecule has 1 fully saturated rings. The fraction of sp³-hybridized carbons (Fsp3) is 0.579. The lowest BCUT2D eigenvalue weighted by Crippen LogP contribution is -2.41. The third-order valence-corrected chi connectivity index (χ3v) is 5.52. The van der Waals surface area contributed by atoms with E-state index in [1.54, 1.807) is 11.3 Å². The molecule has 1 aliphatic rings. The van der Waals surface area contributed by atoms with E-state index in [1.807, 2.05) is 10.9 Å². The Labute approximate surface area is 154 Å². The van der Waals surface area contributed by atoms with Crippen LogP contribution in [0.2, 0.25) is 0 Å². The highest BCUT2D eigenvalue weighted by atomic mass is 32.1. The van der Waals surface area contributed by atoms with E-state index in [0.29, 0.717) is 0 Å². The lowest BCUT2D eigenvalue weighted by atomic mass is 9.96. The zero-order chi connectivity index (χ0) is 17.5. The molecule has 0 radical (unpaired) electrons. The first kappa shape index (κ1) is 18.1. The Balaban J connectivity index is 1.41. The summed E-state index contributed by atoms with van der Waals surface area (Å²) in [5.74, 6) is 0.423. The normalized spacial score (nSPS) is 16.2. The van der Waals surface area contributed by atoms with Gasteiger partial charge in [-0.3, -0.25) is 14.4 Å². The summed E-state index contributed by atoms with van der Waals surface area (Å²) in [4.78, 5) is 14.6. The number of thiophene rings is 1. The molecular weight excluding hydrogens is 332 g/mol. The van der Waals surface area contributed by atoms with Crippen LogP contribution in [0.4, 0.5) is 0 Å². The molecule has 0 aromatic carbocycles. The largest absolute Gasteiger partial charge is 0.356 e. The average Bonchev–Trinajstić information content (AvgIpc) is 3.30. The van der Waals surface area contributed by atoms with Gasteiger partial charge in [-0.15, -0.1) is 0 Å². The molecule has 0 unspecified atom stereocenters. The zero-order valence-electron chi connectivity index (χ0n) is 15.0. The zero-order valence-corrected chi connectivity index (χ0v) is 15.8. The van der Waals surface area contributed by atoms with Crippen molar-refractivity contribution in [1.29, 1.82) is 0 Å². The van der Waals surface area contributed by atoms with Gasteiger partial charge in [-0.2, -0.15) is 16.4 Å². The van der Waals surface area contributed by atoms with Gasteiger partial charge in [0.15, 0.2) is 0 Å². The number of likely N-dealkylation sites (tertiary alicyclic amines) is 1. The summed E-state index contributed by atoms with van der Waals surface area (Å²) in [7, 11) is 0. The summed E-state index contributed by atoms with van der Waals surface area (Å²) >= 11 is 1.69. The molecule has 0 atom stereocenters. The number of amides is 1. The highest BCUT2D eigenvalue weighted by molar-refractivity contribution is 7.08. The van der Waals surface area contributed by atoms with E-state index >= 15 is 0 Å². The number of unbranched alkanes of at least 4 members (excludes halogenated alkanes) is 2. The first-order valence-corrected chi connectivity index (χ1v) is 10.3. The van der Waals surface area contributed by atoms with Gasteiger partial charge < -0.3 is 5.32 Å². The number of nitrogens with zero attached hydrogens (tertiary/aromatic N) is 3. The molecule has 0 aliphatic carbocycles. The van der Waals surface area contributed by atoms with Crippen LogP contribution in [-0.4, -0.2) is 40.2 Å². The van der Waals surface area contributed by atoms with Crippen molar-refractivity contribution in [1.82, 2.24) is 20.0 Å². The summed E-state index contributed by atoms with van der Waals surface area (Å²) in [6.45, 7) is 5.72. The summed E-state index contributed by atoms with van der Waals surface area (Å²) in [6.07, 6.45) is 7.40. The van der Waals surface area contributed by atoms with Gasteiger partial charge >= 0.3 is 0 Å². The molecule has 6 heteroatoms. The first-order chi connectivity index (χ1) is 12.3. The molecule has 3 heterocycles. The second-order valence-electron chi connectivity index (χ2n) is 6.78. The smallest absolute Gasteiger partial charge is 0.223 e. The lowest BCUT2D eigenvalue weighted by Gasteiger charge is -2.31. The van der Waals surface area contributed by atoms with Crippen LogP contribution in [0.5, 0.6) is 0 Å². The van der Waals surface area contributed by atoms with E-state index in [1.165, 1.54) is 18.4 Å². The fourth-order valence-electron chi connectivity index (χ4n) is 3.28. The van der Waals surface area contributed by atoms with E-state index in [4.69, 9.17) is 0 Å². The van der Waals surface area contributed by atoms with Gasteiger partial charge in [-0.1, -0.05) is 19.8 Å². The van der Waals surface area contributed by atoms with Gasteiger partial charge in [-0.05, 0) is 36.8 Å². The molecule has 5 nitrogen and oxygen atoms in total. The standard InChI is InChI=1S/C19H28N4OS/c1-2-3-4-9-20-19(24)16-5-10-22(11-6-16)15-23-12-7-18(21-23)17-8-13-25-14-17/h7-8,12-14,16H,2-6,9-11,15H2,1H3,(H,20,24). The Morgan fingerprint density at radius 3 is 2.88 bits per heavy atom. The van der Waals surface area contributed by atoms with Gasteiger partial charge in [0.25, 0.3) is 0 Å². The number of carbonyl (C=O) groups is 1. The van der Waals surface area contributed by atoms with Crippen LogP contribution >= 0.6 is 11.3 Å². The van der Waals surface area contributed by atoms with Crippen LogP contribution in [-0.2, 0) is 11.5 Å². The van der Waals surface area contributed by atoms with Crippen LogP contribution < -0.4 is 5.32 Å². The molecule has 1 aliphatic heterocycles. The SMILES string of the molecule is CCCCCNC(=O)C1CCN(Cn2ccc(-c3ccsc3)n2)CC1. The second-order valence-corrected chi connectivity index (χ2v) is 7.56. The van der Waals surface area contributed by atoms with Gasteiger partial charge in [-0.25, -0.2) is 0 Å². The lowest BCUT2D eigenvalue weighted by molar-refractivity contribution is -0.126. The molecule has 3 rings (SSSR count). The van der Waals surface area contributed by atoms with E-state index in [2.05, 4.69) is 45.1 Å². The Hall–Kier alpha value is -1.66. The highest BCUT2D eigenvalue weighted by Gasteiger charge is 2.24. The maximum atomic E-state index is 12.2. The molecule has 2 aromatic heterocycles. The third-order valence-electron chi connectivity index (χ3n) is 4.84. The molecule has 2 aromatic rings. The number of rotatable bonds is 8. The quantitative estimate of drug-likeness (QED) is 0.732. The number of carbonyl (C=O) groups excluding carboxylic acids is 1. The molecule has 1 N–H and O–H groups in total. The summed E-state index contributed by atoms with van der Waals surface area (Å²) in [5.41, 5.74) is 2.21. The highest BCUT2D eigenvalue weighted by Crippen LogP contribution is 2.21. The summed E-state index contributed by atoms with van der Waals surface area (Å²) < 4.78 is 2.00. The second kappa shape index (κ2) is 9.15. The molecule has 136 valence electrons.